The van der Waals surface area contributed by atoms with Crippen molar-refractivity contribution >= 4 is 40.5 Å². The third kappa shape index (κ3) is 9.71. The summed E-state index contributed by atoms with van der Waals surface area (Å²) in [5.74, 6) is -4.05. The number of carbonyl (C=O) groups excluding carboxylic acids is 4. The van der Waals surface area contributed by atoms with Crippen molar-refractivity contribution < 1.29 is 29.1 Å². The van der Waals surface area contributed by atoms with Gasteiger partial charge < -0.3 is 37.5 Å². The Morgan fingerprint density at radius 3 is 2.00 bits per heavy atom. The summed E-state index contributed by atoms with van der Waals surface area (Å²) in [6.45, 7) is 7.64. The number of rotatable bonds is 15. The molecular formula is C27H40N6O6. The maximum atomic E-state index is 13.4. The van der Waals surface area contributed by atoms with Gasteiger partial charge in [-0.3, -0.25) is 19.2 Å². The lowest BCUT2D eigenvalue weighted by Crippen LogP contribution is -2.58. The van der Waals surface area contributed by atoms with E-state index in [1.165, 1.54) is 0 Å². The van der Waals surface area contributed by atoms with Crippen LogP contribution in [-0.4, -0.2) is 63.9 Å². The van der Waals surface area contributed by atoms with Crippen LogP contribution in [-0.2, 0) is 30.4 Å². The molecule has 9 N–H and O–H groups in total. The summed E-state index contributed by atoms with van der Waals surface area (Å²) in [7, 11) is 0. The van der Waals surface area contributed by atoms with E-state index in [-0.39, 0.29) is 24.7 Å². The monoisotopic (exact) mass is 544 g/mol. The number of fused-ring (bicyclic) bond motifs is 1. The molecule has 12 heteroatoms. The molecule has 2 aromatic rings. The Bertz CT molecular complexity index is 1180. The van der Waals surface area contributed by atoms with E-state index >= 15 is 0 Å². The SMILES string of the molecule is CC(C)CC(N)C(=O)NC(CC(C)C)C(=O)NC(Cc1c[nH]c2ccccc12)C(=O)NC(CC(N)=O)C(=O)O. The number of H-pyrrole nitrogens is 1. The molecule has 0 spiro atoms. The molecule has 0 saturated carbocycles. The predicted molar refractivity (Wildman–Crippen MR) is 146 cm³/mol. The largest absolute Gasteiger partial charge is 0.480 e. The number of benzene rings is 1. The van der Waals surface area contributed by atoms with E-state index in [4.69, 9.17) is 11.5 Å². The molecule has 0 bridgehead atoms. The van der Waals surface area contributed by atoms with Crippen LogP contribution in [0.4, 0.5) is 0 Å². The van der Waals surface area contributed by atoms with E-state index < -0.39 is 60.2 Å². The molecule has 1 aromatic carbocycles. The molecule has 214 valence electrons. The quantitative estimate of drug-likeness (QED) is 0.169. The van der Waals surface area contributed by atoms with Crippen molar-refractivity contribution in [1.82, 2.24) is 20.9 Å². The minimum Gasteiger partial charge on any atom is -0.480 e. The molecule has 4 atom stereocenters. The number of aliphatic carboxylic acids is 1. The number of nitrogens with two attached hydrogens (primary N) is 2. The van der Waals surface area contributed by atoms with Crippen LogP contribution in [0.5, 0.6) is 0 Å². The lowest BCUT2D eigenvalue weighted by Gasteiger charge is -2.26. The zero-order chi connectivity index (χ0) is 29.3. The molecule has 0 saturated heterocycles. The van der Waals surface area contributed by atoms with Crippen LogP contribution in [0, 0.1) is 11.8 Å². The van der Waals surface area contributed by atoms with Crippen LogP contribution in [0.25, 0.3) is 10.9 Å². The minimum absolute atomic E-state index is 0.0136. The van der Waals surface area contributed by atoms with Gasteiger partial charge >= 0.3 is 5.97 Å². The molecule has 12 nitrogen and oxygen atoms in total. The maximum Gasteiger partial charge on any atom is 0.326 e. The Balaban J connectivity index is 2.33. The second kappa shape index (κ2) is 14.3. The van der Waals surface area contributed by atoms with Crippen LogP contribution in [0.3, 0.4) is 0 Å². The van der Waals surface area contributed by atoms with Crippen molar-refractivity contribution in [2.45, 2.75) is 77.5 Å². The predicted octanol–water partition coefficient (Wildman–Crippen LogP) is 0.544. The maximum absolute atomic E-state index is 13.4. The van der Waals surface area contributed by atoms with Crippen molar-refractivity contribution in [1.29, 1.82) is 0 Å². The number of primary amides is 1. The van der Waals surface area contributed by atoms with Gasteiger partial charge in [0.2, 0.25) is 23.6 Å². The summed E-state index contributed by atoms with van der Waals surface area (Å²) in [4.78, 5) is 65.5. The van der Waals surface area contributed by atoms with Crippen molar-refractivity contribution in [3.63, 3.8) is 0 Å². The van der Waals surface area contributed by atoms with Gasteiger partial charge in [0.1, 0.15) is 18.1 Å². The Kier molecular flexibility index (Phi) is 11.5. The van der Waals surface area contributed by atoms with Crippen LogP contribution < -0.4 is 27.4 Å². The normalized spacial score (nSPS) is 14.4. The fourth-order valence-corrected chi connectivity index (χ4v) is 4.27. The number of aromatic amines is 1. The molecule has 2 rings (SSSR count). The Morgan fingerprint density at radius 2 is 1.41 bits per heavy atom. The number of aromatic nitrogens is 1. The number of amides is 4. The molecule has 0 aliphatic rings. The molecule has 0 fully saturated rings. The fourth-order valence-electron chi connectivity index (χ4n) is 4.27. The lowest BCUT2D eigenvalue weighted by atomic mass is 9.99. The first kappa shape index (κ1) is 31.3. The topological polar surface area (TPSA) is 209 Å². The second-order valence-electron chi connectivity index (χ2n) is 10.6. The first-order valence-corrected chi connectivity index (χ1v) is 13.0. The number of hydrogen-bond acceptors (Lipinski definition) is 6. The highest BCUT2D eigenvalue weighted by Gasteiger charge is 2.32. The Labute approximate surface area is 227 Å². The van der Waals surface area contributed by atoms with Crippen molar-refractivity contribution in [2.75, 3.05) is 0 Å². The van der Waals surface area contributed by atoms with Gasteiger partial charge in [0.15, 0.2) is 0 Å². The zero-order valence-corrected chi connectivity index (χ0v) is 22.8. The minimum atomic E-state index is -1.57. The van der Waals surface area contributed by atoms with Gasteiger partial charge in [0, 0.05) is 23.5 Å². The third-order valence-corrected chi connectivity index (χ3v) is 6.15. The average Bonchev–Trinajstić information content (AvgIpc) is 3.24. The number of carbonyl (C=O) groups is 5. The van der Waals surface area contributed by atoms with E-state index in [0.29, 0.717) is 12.0 Å². The highest BCUT2D eigenvalue weighted by molar-refractivity contribution is 5.95. The zero-order valence-electron chi connectivity index (χ0n) is 22.8. The van der Waals surface area contributed by atoms with Crippen LogP contribution >= 0.6 is 0 Å². The average molecular weight is 545 g/mol. The molecule has 1 heterocycles. The lowest BCUT2D eigenvalue weighted by molar-refractivity contribution is -0.143. The smallest absolute Gasteiger partial charge is 0.326 e. The van der Waals surface area contributed by atoms with E-state index in [1.54, 1.807) is 6.20 Å². The molecule has 4 amide bonds. The van der Waals surface area contributed by atoms with E-state index in [9.17, 15) is 29.1 Å². The van der Waals surface area contributed by atoms with E-state index in [1.807, 2.05) is 52.0 Å². The van der Waals surface area contributed by atoms with Gasteiger partial charge in [-0.25, -0.2) is 4.79 Å². The molecule has 0 radical (unpaired) electrons. The first-order valence-electron chi connectivity index (χ1n) is 13.0. The third-order valence-electron chi connectivity index (χ3n) is 6.15. The molecule has 4 unspecified atom stereocenters. The summed E-state index contributed by atoms with van der Waals surface area (Å²) in [5, 5.41) is 18.0. The molecule has 0 aliphatic heterocycles. The highest BCUT2D eigenvalue weighted by atomic mass is 16.4. The number of carboxylic acid groups (broad SMARTS) is 1. The standard InChI is InChI=1S/C27H40N6O6/c1-14(2)9-18(28)24(35)31-20(10-15(3)4)25(36)32-21(26(37)33-22(27(38)39)12-23(29)34)11-16-13-30-19-8-6-5-7-17(16)19/h5-8,13-15,18,20-22,30H,9-12,28H2,1-4H3,(H2,29,34)(H,31,35)(H,32,36)(H,33,37)(H,38,39). The summed E-state index contributed by atoms with van der Waals surface area (Å²) >= 11 is 0. The van der Waals surface area contributed by atoms with Crippen molar-refractivity contribution in [3.05, 3.63) is 36.0 Å². The van der Waals surface area contributed by atoms with Gasteiger partial charge in [0.05, 0.1) is 12.5 Å². The van der Waals surface area contributed by atoms with E-state index in [2.05, 4.69) is 20.9 Å². The van der Waals surface area contributed by atoms with Crippen molar-refractivity contribution in [3.8, 4) is 0 Å². The van der Waals surface area contributed by atoms with Crippen LogP contribution in [0.15, 0.2) is 30.5 Å². The number of nitrogens with one attached hydrogen (secondary N) is 4. The van der Waals surface area contributed by atoms with Crippen LogP contribution in [0.2, 0.25) is 0 Å². The Morgan fingerprint density at radius 1 is 0.846 bits per heavy atom. The summed E-state index contributed by atoms with van der Waals surface area (Å²) in [5.41, 5.74) is 12.7. The molecule has 0 aliphatic carbocycles. The van der Waals surface area contributed by atoms with Crippen molar-refractivity contribution in [2.24, 2.45) is 23.3 Å². The summed E-state index contributed by atoms with van der Waals surface area (Å²) in [6.07, 6.45) is 1.82. The number of hydrogen-bond donors (Lipinski definition) is 7. The fraction of sp³-hybridized carbons (Fsp3) is 0.519. The second-order valence-corrected chi connectivity index (χ2v) is 10.6. The summed E-state index contributed by atoms with van der Waals surface area (Å²) in [6, 6.07) is 2.81. The summed E-state index contributed by atoms with van der Waals surface area (Å²) < 4.78 is 0. The van der Waals surface area contributed by atoms with E-state index in [0.717, 1.165) is 10.9 Å². The molecule has 39 heavy (non-hydrogen) atoms. The van der Waals surface area contributed by atoms with Gasteiger partial charge in [-0.1, -0.05) is 45.9 Å². The molecular weight excluding hydrogens is 504 g/mol. The van der Waals surface area contributed by atoms with Gasteiger partial charge in [0.25, 0.3) is 0 Å². The molecule has 1 aromatic heterocycles. The van der Waals surface area contributed by atoms with Gasteiger partial charge in [-0.15, -0.1) is 0 Å². The highest BCUT2D eigenvalue weighted by Crippen LogP contribution is 2.19. The number of para-hydroxylation sites is 1. The Hall–Kier alpha value is -3.93. The van der Waals surface area contributed by atoms with Gasteiger partial charge in [-0.2, -0.15) is 0 Å². The van der Waals surface area contributed by atoms with Crippen LogP contribution in [0.1, 0.15) is 52.5 Å². The number of carboxylic acids is 1. The first-order chi connectivity index (χ1) is 18.3. The van der Waals surface area contributed by atoms with Gasteiger partial charge in [-0.05, 0) is 36.3 Å².